The summed E-state index contributed by atoms with van der Waals surface area (Å²) in [5.74, 6) is 0.768. The smallest absolute Gasteiger partial charge is 0.259 e. The number of aryl methyl sites for hydroxylation is 2. The van der Waals surface area contributed by atoms with E-state index < -0.39 is 0 Å². The van der Waals surface area contributed by atoms with Crippen molar-refractivity contribution in [2.75, 3.05) is 0 Å². The number of imidazole rings is 1. The minimum Gasteiger partial charge on any atom is -0.310 e. The summed E-state index contributed by atoms with van der Waals surface area (Å²) in [7, 11) is 0. The fraction of sp³-hybridized carbons (Fsp3) is 0.375. The molecule has 2 heterocycles. The van der Waals surface area contributed by atoms with Gasteiger partial charge in [0.2, 0.25) is 5.78 Å². The maximum absolute atomic E-state index is 12.4. The van der Waals surface area contributed by atoms with E-state index in [4.69, 9.17) is 0 Å². The number of aromatic nitrogens is 3. The van der Waals surface area contributed by atoms with Gasteiger partial charge in [-0.1, -0.05) is 32.4 Å². The average Bonchev–Trinajstić information content (AvgIpc) is 2.79. The molecular weight excluding hydrogens is 250 g/mol. The minimum atomic E-state index is 0.0123. The maximum Gasteiger partial charge on any atom is 0.259 e. The van der Waals surface area contributed by atoms with Crippen molar-refractivity contribution in [2.45, 2.75) is 39.7 Å². The van der Waals surface area contributed by atoms with Crippen LogP contribution in [-0.2, 0) is 13.0 Å². The molecule has 0 unspecified atom stereocenters. The highest BCUT2D eigenvalue weighted by atomic mass is 16.1. The highest BCUT2D eigenvalue weighted by Crippen LogP contribution is 2.19. The van der Waals surface area contributed by atoms with Gasteiger partial charge in [-0.2, -0.15) is 0 Å². The van der Waals surface area contributed by atoms with E-state index in [1.807, 2.05) is 25.1 Å². The molecule has 4 nitrogen and oxygen atoms in total. The van der Waals surface area contributed by atoms with Gasteiger partial charge in [-0.05, 0) is 25.0 Å². The van der Waals surface area contributed by atoms with Crippen LogP contribution in [-0.4, -0.2) is 14.0 Å². The van der Waals surface area contributed by atoms with Gasteiger partial charge in [-0.15, -0.1) is 0 Å². The maximum atomic E-state index is 12.4. The number of unbranched alkanes of at least 4 members (excludes halogenated alkanes) is 1. The third-order valence-electron chi connectivity index (χ3n) is 3.71. The van der Waals surface area contributed by atoms with Crippen molar-refractivity contribution >= 4 is 16.8 Å². The number of fused-ring (bicyclic) bond motifs is 3. The van der Waals surface area contributed by atoms with Crippen LogP contribution in [0.5, 0.6) is 0 Å². The molecule has 3 rings (SSSR count). The lowest BCUT2D eigenvalue weighted by molar-refractivity contribution is 0.653. The summed E-state index contributed by atoms with van der Waals surface area (Å²) < 4.78 is 3.89. The molecule has 0 bridgehead atoms. The Hall–Kier alpha value is -2.10. The summed E-state index contributed by atoms with van der Waals surface area (Å²) in [6, 6.07) is 9.66. The molecule has 0 aliphatic heterocycles. The minimum absolute atomic E-state index is 0.0123. The lowest BCUT2D eigenvalue weighted by atomic mass is 10.3. The van der Waals surface area contributed by atoms with E-state index >= 15 is 0 Å². The summed E-state index contributed by atoms with van der Waals surface area (Å²) >= 11 is 0. The first-order chi connectivity index (χ1) is 9.76. The van der Waals surface area contributed by atoms with Crippen molar-refractivity contribution in [2.24, 2.45) is 0 Å². The van der Waals surface area contributed by atoms with Gasteiger partial charge in [-0.3, -0.25) is 4.79 Å². The summed E-state index contributed by atoms with van der Waals surface area (Å²) in [5.41, 5.74) is 2.89. The van der Waals surface area contributed by atoms with E-state index in [0.717, 1.165) is 48.3 Å². The third-order valence-corrected chi connectivity index (χ3v) is 3.71. The Morgan fingerprint density at radius 3 is 2.60 bits per heavy atom. The molecule has 0 spiro atoms. The molecule has 3 aromatic rings. The predicted octanol–water partition coefficient (Wildman–Crippen LogP) is 3.01. The van der Waals surface area contributed by atoms with Crippen molar-refractivity contribution in [1.29, 1.82) is 0 Å². The number of rotatable bonds is 4. The lowest BCUT2D eigenvalue weighted by Gasteiger charge is -2.05. The molecule has 0 aliphatic rings. The molecule has 0 aliphatic carbocycles. The first kappa shape index (κ1) is 12.9. The van der Waals surface area contributed by atoms with E-state index in [9.17, 15) is 4.79 Å². The first-order valence-corrected chi connectivity index (χ1v) is 7.26. The Bertz CT molecular complexity index is 814. The van der Waals surface area contributed by atoms with Crippen molar-refractivity contribution in [3.05, 3.63) is 46.4 Å². The second-order valence-electron chi connectivity index (χ2n) is 5.07. The highest BCUT2D eigenvalue weighted by Gasteiger charge is 2.13. The fourth-order valence-corrected chi connectivity index (χ4v) is 2.63. The second kappa shape index (κ2) is 5.12. The van der Waals surface area contributed by atoms with Crippen LogP contribution >= 0.6 is 0 Å². The Morgan fingerprint density at radius 2 is 1.90 bits per heavy atom. The number of benzene rings is 1. The molecule has 1 aromatic carbocycles. The molecule has 2 aromatic heterocycles. The number of hydrogen-bond donors (Lipinski definition) is 0. The largest absolute Gasteiger partial charge is 0.310 e. The zero-order valence-electron chi connectivity index (χ0n) is 12.0. The van der Waals surface area contributed by atoms with Crippen LogP contribution in [0.25, 0.3) is 16.8 Å². The quantitative estimate of drug-likeness (QED) is 0.730. The summed E-state index contributed by atoms with van der Waals surface area (Å²) in [6.45, 7) is 5.09. The molecule has 0 N–H and O–H groups in total. The van der Waals surface area contributed by atoms with Crippen molar-refractivity contribution in [3.63, 3.8) is 0 Å². The molecular formula is C16H19N3O. The Morgan fingerprint density at radius 1 is 1.15 bits per heavy atom. The average molecular weight is 269 g/mol. The van der Waals surface area contributed by atoms with Gasteiger partial charge < -0.3 is 4.57 Å². The molecule has 104 valence electrons. The normalized spacial score (nSPS) is 11.5. The summed E-state index contributed by atoms with van der Waals surface area (Å²) in [4.78, 5) is 17.0. The molecule has 0 saturated carbocycles. The first-order valence-electron chi connectivity index (χ1n) is 7.26. The number of para-hydroxylation sites is 2. The Balaban J connectivity index is 2.41. The SMILES string of the molecule is CCCCn1c2ccccc2n2c(=O)cc(CC)nc12. The molecule has 4 heteroatoms. The molecule has 20 heavy (non-hydrogen) atoms. The van der Waals surface area contributed by atoms with Crippen LogP contribution in [0.2, 0.25) is 0 Å². The van der Waals surface area contributed by atoms with E-state index in [1.54, 1.807) is 10.5 Å². The van der Waals surface area contributed by atoms with Crippen molar-refractivity contribution < 1.29 is 0 Å². The van der Waals surface area contributed by atoms with Crippen molar-refractivity contribution in [1.82, 2.24) is 14.0 Å². The number of hydrogen-bond acceptors (Lipinski definition) is 2. The molecule has 0 atom stereocenters. The molecule has 0 fully saturated rings. The van der Waals surface area contributed by atoms with Crippen LogP contribution in [0.15, 0.2) is 35.1 Å². The van der Waals surface area contributed by atoms with Crippen LogP contribution < -0.4 is 5.56 Å². The van der Waals surface area contributed by atoms with E-state index in [-0.39, 0.29) is 5.56 Å². The van der Waals surface area contributed by atoms with Crippen molar-refractivity contribution in [3.8, 4) is 0 Å². The van der Waals surface area contributed by atoms with Gasteiger partial charge in [0.1, 0.15) is 0 Å². The van der Waals surface area contributed by atoms with Gasteiger partial charge in [0.05, 0.1) is 11.0 Å². The van der Waals surface area contributed by atoms with Gasteiger partial charge in [0.25, 0.3) is 5.56 Å². The third kappa shape index (κ3) is 1.92. The highest BCUT2D eigenvalue weighted by molar-refractivity contribution is 5.80. The summed E-state index contributed by atoms with van der Waals surface area (Å²) in [6.07, 6.45) is 2.98. The van der Waals surface area contributed by atoms with E-state index in [1.165, 1.54) is 0 Å². The summed E-state index contributed by atoms with van der Waals surface area (Å²) in [5, 5.41) is 0. The molecule has 0 saturated heterocycles. The van der Waals surface area contributed by atoms with Gasteiger partial charge >= 0.3 is 0 Å². The predicted molar refractivity (Wildman–Crippen MR) is 81.2 cm³/mol. The molecule has 0 amide bonds. The zero-order valence-corrected chi connectivity index (χ0v) is 12.0. The van der Waals surface area contributed by atoms with Gasteiger partial charge in [0, 0.05) is 18.3 Å². The monoisotopic (exact) mass is 269 g/mol. The van der Waals surface area contributed by atoms with E-state index in [0.29, 0.717) is 0 Å². The van der Waals surface area contributed by atoms with Crippen LogP contribution in [0.4, 0.5) is 0 Å². The van der Waals surface area contributed by atoms with E-state index in [2.05, 4.69) is 22.5 Å². The lowest BCUT2D eigenvalue weighted by Crippen LogP contribution is -2.15. The molecule has 0 radical (unpaired) electrons. The van der Waals surface area contributed by atoms with Gasteiger partial charge in [0.15, 0.2) is 0 Å². The fourth-order valence-electron chi connectivity index (χ4n) is 2.63. The Kier molecular flexibility index (Phi) is 3.30. The Labute approximate surface area is 117 Å². The topological polar surface area (TPSA) is 39.3 Å². The van der Waals surface area contributed by atoms with Crippen LogP contribution in [0, 0.1) is 0 Å². The standard InChI is InChI=1S/C16H19N3O/c1-3-5-10-18-13-8-6-7-9-14(13)19-15(20)11-12(4-2)17-16(18)19/h6-9,11H,3-5,10H2,1-2H3. The second-order valence-corrected chi connectivity index (χ2v) is 5.07. The van der Waals surface area contributed by atoms with Crippen LogP contribution in [0.1, 0.15) is 32.4 Å². The van der Waals surface area contributed by atoms with Crippen LogP contribution in [0.3, 0.4) is 0 Å². The zero-order chi connectivity index (χ0) is 14.1. The van der Waals surface area contributed by atoms with Gasteiger partial charge in [-0.25, -0.2) is 9.38 Å². The number of nitrogens with zero attached hydrogens (tertiary/aromatic N) is 3.